The van der Waals surface area contributed by atoms with Gasteiger partial charge in [0, 0.05) is 12.2 Å². The summed E-state index contributed by atoms with van der Waals surface area (Å²) in [5, 5.41) is 3.38. The quantitative estimate of drug-likeness (QED) is 0.653. The summed E-state index contributed by atoms with van der Waals surface area (Å²) in [5.74, 6) is 0. The van der Waals surface area contributed by atoms with Crippen LogP contribution in [-0.2, 0) is 0 Å². The van der Waals surface area contributed by atoms with Gasteiger partial charge in [-0.05, 0) is 31.0 Å². The highest BCUT2D eigenvalue weighted by Gasteiger charge is 2.05. The topological polar surface area (TPSA) is 12.0 Å². The predicted octanol–water partition coefficient (Wildman–Crippen LogP) is 3.85. The molecular formula is C13H19N. The summed E-state index contributed by atoms with van der Waals surface area (Å²) in [6.07, 6.45) is 2.24. The molecule has 1 aromatic rings. The van der Waals surface area contributed by atoms with Crippen LogP contribution in [0.1, 0.15) is 31.9 Å². The molecule has 76 valence electrons. The third kappa shape index (κ3) is 2.38. The lowest BCUT2D eigenvalue weighted by atomic mass is 10.0. The smallest absolute Gasteiger partial charge is 0.0418 e. The van der Waals surface area contributed by atoms with Crippen LogP contribution in [0.25, 0.3) is 6.08 Å². The van der Waals surface area contributed by atoms with Crippen molar-refractivity contribution in [2.75, 3.05) is 11.9 Å². The van der Waals surface area contributed by atoms with Crippen molar-refractivity contribution in [3.05, 3.63) is 34.9 Å². The summed E-state index contributed by atoms with van der Waals surface area (Å²) >= 11 is 0. The Morgan fingerprint density at radius 2 is 1.86 bits per heavy atom. The van der Waals surface area contributed by atoms with Gasteiger partial charge >= 0.3 is 0 Å². The largest absolute Gasteiger partial charge is 0.381 e. The van der Waals surface area contributed by atoms with Crippen molar-refractivity contribution in [1.82, 2.24) is 0 Å². The zero-order valence-electron chi connectivity index (χ0n) is 9.52. The number of hydrogen-bond acceptors (Lipinski definition) is 1. The number of rotatable bonds is 0. The van der Waals surface area contributed by atoms with Crippen LogP contribution < -0.4 is 5.32 Å². The molecule has 1 nitrogen and oxygen atoms in total. The lowest BCUT2D eigenvalue weighted by molar-refractivity contribution is 1.19. The molecule has 0 saturated carbocycles. The van der Waals surface area contributed by atoms with Gasteiger partial charge in [0.15, 0.2) is 0 Å². The maximum absolute atomic E-state index is 3.38. The molecule has 1 aliphatic heterocycles. The molecule has 0 aliphatic carbocycles. The van der Waals surface area contributed by atoms with Crippen LogP contribution in [0, 0.1) is 6.92 Å². The van der Waals surface area contributed by atoms with Crippen molar-refractivity contribution in [3.8, 4) is 0 Å². The lowest BCUT2D eigenvalue weighted by Gasteiger charge is -2.16. The van der Waals surface area contributed by atoms with Crippen LogP contribution in [0.15, 0.2) is 23.8 Å². The fourth-order valence-corrected chi connectivity index (χ4v) is 1.50. The summed E-state index contributed by atoms with van der Waals surface area (Å²) in [5.41, 5.74) is 5.28. The number of fused-ring (bicyclic) bond motifs is 1. The Morgan fingerprint density at radius 1 is 1.14 bits per heavy atom. The molecule has 0 bridgehead atoms. The molecule has 14 heavy (non-hydrogen) atoms. The van der Waals surface area contributed by atoms with E-state index in [-0.39, 0.29) is 0 Å². The van der Waals surface area contributed by atoms with Gasteiger partial charge in [-0.25, -0.2) is 0 Å². The third-order valence-corrected chi connectivity index (χ3v) is 2.17. The van der Waals surface area contributed by atoms with E-state index >= 15 is 0 Å². The molecule has 1 heterocycles. The standard InChI is InChI=1S/C11H13N.C2H6/c1-8-3-4-10-5-9(2)7-12-11(10)6-8;1-2/h3-6,12H,7H2,1-2H3;1-2H3. The molecule has 0 radical (unpaired) electrons. The second-order valence-corrected chi connectivity index (χ2v) is 3.43. The fraction of sp³-hybridized carbons (Fsp3) is 0.385. The maximum atomic E-state index is 3.38. The van der Waals surface area contributed by atoms with Crippen LogP contribution in [-0.4, -0.2) is 6.54 Å². The van der Waals surface area contributed by atoms with Crippen molar-refractivity contribution >= 4 is 11.8 Å². The monoisotopic (exact) mass is 189 g/mol. The minimum absolute atomic E-state index is 0.983. The van der Waals surface area contributed by atoms with Gasteiger partial charge < -0.3 is 5.32 Å². The summed E-state index contributed by atoms with van der Waals surface area (Å²) < 4.78 is 0. The molecule has 0 fully saturated rings. The number of aryl methyl sites for hydroxylation is 1. The SMILES string of the molecule is CC.CC1=Cc2ccc(C)cc2NC1. The van der Waals surface area contributed by atoms with Gasteiger partial charge in [0.05, 0.1) is 0 Å². The molecule has 0 unspecified atom stereocenters. The van der Waals surface area contributed by atoms with Crippen LogP contribution >= 0.6 is 0 Å². The molecule has 0 spiro atoms. The number of hydrogen-bond donors (Lipinski definition) is 1. The van der Waals surface area contributed by atoms with E-state index in [0.717, 1.165) is 6.54 Å². The maximum Gasteiger partial charge on any atom is 0.0418 e. The molecule has 0 amide bonds. The van der Waals surface area contributed by atoms with Gasteiger partial charge in [-0.15, -0.1) is 0 Å². The van der Waals surface area contributed by atoms with E-state index in [0.29, 0.717) is 0 Å². The summed E-state index contributed by atoms with van der Waals surface area (Å²) in [6, 6.07) is 6.51. The van der Waals surface area contributed by atoms with Gasteiger partial charge in [0.2, 0.25) is 0 Å². The van der Waals surface area contributed by atoms with E-state index < -0.39 is 0 Å². The third-order valence-electron chi connectivity index (χ3n) is 2.17. The lowest BCUT2D eigenvalue weighted by Crippen LogP contribution is -2.08. The van der Waals surface area contributed by atoms with E-state index in [9.17, 15) is 0 Å². The van der Waals surface area contributed by atoms with E-state index in [1.807, 2.05) is 13.8 Å². The van der Waals surface area contributed by atoms with Crippen LogP contribution in [0.5, 0.6) is 0 Å². The molecular weight excluding hydrogens is 170 g/mol. The van der Waals surface area contributed by atoms with Gasteiger partial charge in [-0.1, -0.05) is 37.6 Å². The predicted molar refractivity (Wildman–Crippen MR) is 64.7 cm³/mol. The van der Waals surface area contributed by atoms with Gasteiger partial charge in [0.1, 0.15) is 0 Å². The molecule has 0 aromatic heterocycles. The Morgan fingerprint density at radius 3 is 2.57 bits per heavy atom. The van der Waals surface area contributed by atoms with E-state index in [2.05, 4.69) is 43.4 Å². The first kappa shape index (κ1) is 10.8. The van der Waals surface area contributed by atoms with Gasteiger partial charge in [-0.3, -0.25) is 0 Å². The van der Waals surface area contributed by atoms with Crippen LogP contribution in [0.3, 0.4) is 0 Å². The minimum Gasteiger partial charge on any atom is -0.381 e. The Bertz CT molecular complexity index is 337. The first-order valence-electron chi connectivity index (χ1n) is 5.27. The number of nitrogens with one attached hydrogen (secondary N) is 1. The van der Waals surface area contributed by atoms with Crippen molar-refractivity contribution in [2.24, 2.45) is 0 Å². The molecule has 0 atom stereocenters. The average Bonchev–Trinajstić information content (AvgIpc) is 2.21. The molecule has 1 heteroatoms. The van der Waals surface area contributed by atoms with Crippen molar-refractivity contribution in [1.29, 1.82) is 0 Å². The van der Waals surface area contributed by atoms with Crippen molar-refractivity contribution in [3.63, 3.8) is 0 Å². The Balaban J connectivity index is 0.000000461. The minimum atomic E-state index is 0.983. The van der Waals surface area contributed by atoms with Gasteiger partial charge in [0.25, 0.3) is 0 Å². The summed E-state index contributed by atoms with van der Waals surface area (Å²) in [6.45, 7) is 9.25. The highest BCUT2D eigenvalue weighted by atomic mass is 14.9. The van der Waals surface area contributed by atoms with Crippen LogP contribution in [0.4, 0.5) is 5.69 Å². The van der Waals surface area contributed by atoms with Crippen molar-refractivity contribution < 1.29 is 0 Å². The zero-order valence-corrected chi connectivity index (χ0v) is 9.52. The molecule has 0 saturated heterocycles. The number of anilines is 1. The fourth-order valence-electron chi connectivity index (χ4n) is 1.50. The first-order chi connectivity index (χ1) is 6.75. The normalized spacial score (nSPS) is 13.0. The highest BCUT2D eigenvalue weighted by molar-refractivity contribution is 5.72. The van der Waals surface area contributed by atoms with Gasteiger partial charge in [-0.2, -0.15) is 0 Å². The molecule has 1 N–H and O–H groups in total. The average molecular weight is 189 g/mol. The summed E-state index contributed by atoms with van der Waals surface area (Å²) in [4.78, 5) is 0. The first-order valence-corrected chi connectivity index (χ1v) is 5.27. The van der Waals surface area contributed by atoms with E-state index in [1.165, 1.54) is 22.4 Å². The highest BCUT2D eigenvalue weighted by Crippen LogP contribution is 2.24. The second kappa shape index (κ2) is 4.85. The molecule has 1 aromatic carbocycles. The molecule has 1 aliphatic rings. The molecule has 2 rings (SSSR count). The second-order valence-electron chi connectivity index (χ2n) is 3.43. The van der Waals surface area contributed by atoms with E-state index in [1.54, 1.807) is 0 Å². The summed E-state index contributed by atoms with van der Waals surface area (Å²) in [7, 11) is 0. The Kier molecular flexibility index (Phi) is 3.75. The van der Waals surface area contributed by atoms with Crippen molar-refractivity contribution in [2.45, 2.75) is 27.7 Å². The Labute approximate surface area is 86.8 Å². The van der Waals surface area contributed by atoms with Crippen LogP contribution in [0.2, 0.25) is 0 Å². The Hall–Kier alpha value is -1.24. The zero-order chi connectivity index (χ0) is 10.6. The number of benzene rings is 1. The van der Waals surface area contributed by atoms with E-state index in [4.69, 9.17) is 0 Å².